The Morgan fingerprint density at radius 1 is 1.41 bits per heavy atom. The topological polar surface area (TPSA) is 46.6 Å². The van der Waals surface area contributed by atoms with Crippen molar-refractivity contribution in [3.8, 4) is 0 Å². The lowest BCUT2D eigenvalue weighted by molar-refractivity contribution is 0.189. The molecule has 0 fully saturated rings. The van der Waals surface area contributed by atoms with Crippen molar-refractivity contribution in [3.05, 3.63) is 30.1 Å². The van der Waals surface area contributed by atoms with E-state index in [0.29, 0.717) is 19.6 Å². The zero-order chi connectivity index (χ0) is 12.9. The van der Waals surface area contributed by atoms with Crippen molar-refractivity contribution in [2.75, 3.05) is 27.3 Å². The van der Waals surface area contributed by atoms with Crippen LogP contribution in [0.5, 0.6) is 0 Å². The van der Waals surface area contributed by atoms with Gasteiger partial charge in [0, 0.05) is 27.3 Å². The van der Waals surface area contributed by atoms with Crippen LogP contribution in [-0.4, -0.2) is 40.0 Å². The van der Waals surface area contributed by atoms with E-state index in [4.69, 9.17) is 4.74 Å². The third-order valence-electron chi connectivity index (χ3n) is 2.33. The molecule has 0 spiro atoms. The lowest BCUT2D eigenvalue weighted by Crippen LogP contribution is -2.28. The predicted molar refractivity (Wildman–Crippen MR) is 62.7 cm³/mol. The molecule has 0 amide bonds. The molecule has 17 heavy (non-hydrogen) atoms. The van der Waals surface area contributed by atoms with Gasteiger partial charge in [0.1, 0.15) is 5.82 Å². The van der Waals surface area contributed by atoms with E-state index in [0.717, 1.165) is 6.07 Å². The molecule has 96 valence electrons. The zero-order valence-electron chi connectivity index (χ0n) is 9.89. The fraction of sp³-hybridized carbons (Fsp3) is 0.455. The van der Waals surface area contributed by atoms with Gasteiger partial charge in [0.25, 0.3) is 0 Å². The minimum atomic E-state index is -3.60. The number of sulfonamides is 1. The van der Waals surface area contributed by atoms with Gasteiger partial charge in [0.05, 0.1) is 4.90 Å². The Bertz CT molecular complexity index is 462. The lowest BCUT2D eigenvalue weighted by Gasteiger charge is -2.16. The van der Waals surface area contributed by atoms with Gasteiger partial charge in [-0.2, -0.15) is 0 Å². The monoisotopic (exact) mass is 261 g/mol. The summed E-state index contributed by atoms with van der Waals surface area (Å²) in [6.45, 7) is 0.829. The van der Waals surface area contributed by atoms with Crippen LogP contribution in [-0.2, 0) is 14.8 Å². The molecule has 0 heterocycles. The number of methoxy groups -OCH3 is 1. The van der Waals surface area contributed by atoms with Crippen LogP contribution in [0.1, 0.15) is 6.42 Å². The summed E-state index contributed by atoms with van der Waals surface area (Å²) >= 11 is 0. The van der Waals surface area contributed by atoms with E-state index in [1.54, 1.807) is 7.11 Å². The van der Waals surface area contributed by atoms with E-state index in [9.17, 15) is 12.8 Å². The van der Waals surface area contributed by atoms with Gasteiger partial charge < -0.3 is 4.74 Å². The van der Waals surface area contributed by atoms with E-state index < -0.39 is 15.8 Å². The molecule has 0 aliphatic carbocycles. The smallest absolute Gasteiger partial charge is 0.242 e. The quantitative estimate of drug-likeness (QED) is 0.729. The molecule has 0 unspecified atom stereocenters. The van der Waals surface area contributed by atoms with Gasteiger partial charge >= 0.3 is 0 Å². The number of rotatable bonds is 6. The Kier molecular flexibility index (Phi) is 5.04. The molecule has 0 saturated carbocycles. The van der Waals surface area contributed by atoms with Crippen LogP contribution in [0, 0.1) is 5.82 Å². The molecule has 0 aliphatic heterocycles. The van der Waals surface area contributed by atoms with E-state index in [1.807, 2.05) is 0 Å². The molecule has 0 aliphatic rings. The van der Waals surface area contributed by atoms with Crippen molar-refractivity contribution in [2.45, 2.75) is 11.3 Å². The largest absolute Gasteiger partial charge is 0.385 e. The summed E-state index contributed by atoms with van der Waals surface area (Å²) < 4.78 is 43.0. The fourth-order valence-electron chi connectivity index (χ4n) is 1.36. The summed E-state index contributed by atoms with van der Waals surface area (Å²) in [7, 11) is -0.579. The molecule has 1 aromatic carbocycles. The molecule has 6 heteroatoms. The number of benzene rings is 1. The Morgan fingerprint density at radius 3 is 2.71 bits per heavy atom. The van der Waals surface area contributed by atoms with Gasteiger partial charge in [-0.15, -0.1) is 0 Å². The maximum atomic E-state index is 13.0. The first-order valence-corrected chi connectivity index (χ1v) is 6.63. The summed E-state index contributed by atoms with van der Waals surface area (Å²) in [6, 6.07) is 4.99. The fourth-order valence-corrected chi connectivity index (χ4v) is 2.60. The number of hydrogen-bond acceptors (Lipinski definition) is 3. The normalized spacial score (nSPS) is 12.0. The Morgan fingerprint density at radius 2 is 2.12 bits per heavy atom. The molecule has 0 atom stereocenters. The first-order chi connectivity index (χ1) is 7.98. The van der Waals surface area contributed by atoms with Crippen molar-refractivity contribution in [2.24, 2.45) is 0 Å². The third kappa shape index (κ3) is 3.76. The zero-order valence-corrected chi connectivity index (χ0v) is 10.7. The van der Waals surface area contributed by atoms with Crippen molar-refractivity contribution in [1.29, 1.82) is 0 Å². The Hall–Kier alpha value is -0.980. The van der Waals surface area contributed by atoms with Crippen LogP contribution in [0.15, 0.2) is 29.2 Å². The molecule has 0 N–H and O–H groups in total. The SMILES string of the molecule is COCCCN(C)S(=O)(=O)c1cccc(F)c1. The third-order valence-corrected chi connectivity index (χ3v) is 4.18. The van der Waals surface area contributed by atoms with Crippen molar-refractivity contribution in [3.63, 3.8) is 0 Å². The van der Waals surface area contributed by atoms with E-state index in [2.05, 4.69) is 0 Å². The van der Waals surface area contributed by atoms with Gasteiger partial charge in [-0.25, -0.2) is 17.1 Å². The standard InChI is InChI=1S/C11H16FNO3S/c1-13(7-4-8-16-2)17(14,15)11-6-3-5-10(12)9-11/h3,5-6,9H,4,7-8H2,1-2H3. The van der Waals surface area contributed by atoms with Crippen LogP contribution >= 0.6 is 0 Å². The first-order valence-electron chi connectivity index (χ1n) is 5.19. The molecule has 1 aromatic rings. The molecule has 1 rings (SSSR count). The second-order valence-electron chi connectivity index (χ2n) is 3.63. The highest BCUT2D eigenvalue weighted by Gasteiger charge is 2.20. The van der Waals surface area contributed by atoms with Gasteiger partial charge in [-0.05, 0) is 24.6 Å². The van der Waals surface area contributed by atoms with Gasteiger partial charge in [0.15, 0.2) is 0 Å². The number of ether oxygens (including phenoxy) is 1. The molecule has 0 bridgehead atoms. The summed E-state index contributed by atoms with van der Waals surface area (Å²) in [6.07, 6.45) is 0.599. The van der Waals surface area contributed by atoms with Gasteiger partial charge in [0.2, 0.25) is 10.0 Å². The highest BCUT2D eigenvalue weighted by atomic mass is 32.2. The van der Waals surface area contributed by atoms with Gasteiger partial charge in [-0.3, -0.25) is 0 Å². The molecular weight excluding hydrogens is 245 g/mol. The average molecular weight is 261 g/mol. The van der Waals surface area contributed by atoms with Crippen molar-refractivity contribution >= 4 is 10.0 Å². The number of halogens is 1. The van der Waals surface area contributed by atoms with E-state index in [1.165, 1.54) is 29.6 Å². The van der Waals surface area contributed by atoms with Crippen molar-refractivity contribution < 1.29 is 17.5 Å². The van der Waals surface area contributed by atoms with Crippen LogP contribution in [0.4, 0.5) is 4.39 Å². The maximum Gasteiger partial charge on any atom is 0.242 e. The second kappa shape index (κ2) is 6.09. The van der Waals surface area contributed by atoms with E-state index >= 15 is 0 Å². The van der Waals surface area contributed by atoms with Crippen LogP contribution in [0.25, 0.3) is 0 Å². The Balaban J connectivity index is 2.80. The van der Waals surface area contributed by atoms with Gasteiger partial charge in [-0.1, -0.05) is 6.07 Å². The second-order valence-corrected chi connectivity index (χ2v) is 5.68. The maximum absolute atomic E-state index is 13.0. The molecule has 0 aromatic heterocycles. The lowest BCUT2D eigenvalue weighted by atomic mass is 10.4. The average Bonchev–Trinajstić information content (AvgIpc) is 2.29. The van der Waals surface area contributed by atoms with Crippen LogP contribution < -0.4 is 0 Å². The summed E-state index contributed by atoms with van der Waals surface area (Å²) in [5.41, 5.74) is 0. The highest BCUT2D eigenvalue weighted by molar-refractivity contribution is 7.89. The minimum Gasteiger partial charge on any atom is -0.385 e. The summed E-state index contributed by atoms with van der Waals surface area (Å²) in [4.78, 5) is -0.0302. The molecule has 4 nitrogen and oxygen atoms in total. The molecule has 0 radical (unpaired) electrons. The number of nitrogens with zero attached hydrogens (tertiary/aromatic N) is 1. The Labute approximate surface area is 101 Å². The molecular formula is C11H16FNO3S. The van der Waals surface area contributed by atoms with Crippen LogP contribution in [0.2, 0.25) is 0 Å². The summed E-state index contributed by atoms with van der Waals surface area (Å²) in [5.74, 6) is -0.559. The summed E-state index contributed by atoms with van der Waals surface area (Å²) in [5, 5.41) is 0. The number of hydrogen-bond donors (Lipinski definition) is 0. The molecule has 0 saturated heterocycles. The predicted octanol–water partition coefficient (Wildman–Crippen LogP) is 1.48. The highest BCUT2D eigenvalue weighted by Crippen LogP contribution is 2.15. The van der Waals surface area contributed by atoms with Crippen molar-refractivity contribution in [1.82, 2.24) is 4.31 Å². The first kappa shape index (κ1) is 14.1. The minimum absolute atomic E-state index is 0.0302. The van der Waals surface area contributed by atoms with Crippen LogP contribution in [0.3, 0.4) is 0 Å². The van der Waals surface area contributed by atoms with E-state index in [-0.39, 0.29) is 4.90 Å².